The SMILES string of the molecule is CCNC(=O)NC(=O)[C@@H](C)Nc1cccc(NC(=O)OCC)c1C. The van der Waals surface area contributed by atoms with E-state index in [4.69, 9.17) is 4.74 Å². The summed E-state index contributed by atoms with van der Waals surface area (Å²) in [5, 5.41) is 10.4. The highest BCUT2D eigenvalue weighted by Crippen LogP contribution is 2.24. The Labute approximate surface area is 141 Å². The number of hydrogen-bond donors (Lipinski definition) is 4. The Morgan fingerprint density at radius 1 is 1.17 bits per heavy atom. The predicted octanol–water partition coefficient (Wildman–Crippen LogP) is 2.21. The van der Waals surface area contributed by atoms with Crippen molar-refractivity contribution in [3.05, 3.63) is 23.8 Å². The fourth-order valence-corrected chi connectivity index (χ4v) is 1.93. The van der Waals surface area contributed by atoms with E-state index in [1.165, 1.54) is 0 Å². The average molecular weight is 336 g/mol. The van der Waals surface area contributed by atoms with Gasteiger partial charge in [0.1, 0.15) is 6.04 Å². The molecule has 0 fully saturated rings. The van der Waals surface area contributed by atoms with E-state index in [2.05, 4.69) is 21.3 Å². The largest absolute Gasteiger partial charge is 0.450 e. The van der Waals surface area contributed by atoms with Crippen LogP contribution in [0.15, 0.2) is 18.2 Å². The molecule has 1 aromatic rings. The molecular weight excluding hydrogens is 312 g/mol. The lowest BCUT2D eigenvalue weighted by Crippen LogP contribution is -2.45. The molecule has 0 unspecified atom stereocenters. The molecule has 1 aromatic carbocycles. The summed E-state index contributed by atoms with van der Waals surface area (Å²) in [7, 11) is 0. The summed E-state index contributed by atoms with van der Waals surface area (Å²) in [6, 6.07) is 4.08. The van der Waals surface area contributed by atoms with Crippen LogP contribution in [0, 0.1) is 6.92 Å². The lowest BCUT2D eigenvalue weighted by atomic mass is 10.1. The van der Waals surface area contributed by atoms with Crippen LogP contribution >= 0.6 is 0 Å². The normalized spacial score (nSPS) is 11.2. The predicted molar refractivity (Wildman–Crippen MR) is 92.1 cm³/mol. The second-order valence-corrected chi connectivity index (χ2v) is 5.04. The van der Waals surface area contributed by atoms with Crippen molar-refractivity contribution < 1.29 is 19.1 Å². The molecule has 0 spiro atoms. The molecule has 4 amide bonds. The van der Waals surface area contributed by atoms with Crippen molar-refractivity contribution in [2.24, 2.45) is 0 Å². The van der Waals surface area contributed by atoms with Crippen LogP contribution in [0.2, 0.25) is 0 Å². The van der Waals surface area contributed by atoms with Crippen molar-refractivity contribution in [2.75, 3.05) is 23.8 Å². The first-order valence-electron chi connectivity index (χ1n) is 7.77. The van der Waals surface area contributed by atoms with Gasteiger partial charge in [-0.15, -0.1) is 0 Å². The van der Waals surface area contributed by atoms with Gasteiger partial charge in [0.15, 0.2) is 0 Å². The maximum atomic E-state index is 12.0. The van der Waals surface area contributed by atoms with Crippen LogP contribution in [-0.4, -0.2) is 37.2 Å². The zero-order valence-electron chi connectivity index (χ0n) is 14.4. The molecule has 8 heteroatoms. The average Bonchev–Trinajstić information content (AvgIpc) is 2.51. The number of ether oxygens (including phenoxy) is 1. The first-order chi connectivity index (χ1) is 11.4. The van der Waals surface area contributed by atoms with Crippen LogP contribution in [0.1, 0.15) is 26.3 Å². The molecule has 0 bridgehead atoms. The van der Waals surface area contributed by atoms with E-state index in [1.807, 2.05) is 0 Å². The third-order valence-electron chi connectivity index (χ3n) is 3.19. The summed E-state index contributed by atoms with van der Waals surface area (Å²) >= 11 is 0. The molecule has 0 saturated heterocycles. The second-order valence-electron chi connectivity index (χ2n) is 5.04. The van der Waals surface area contributed by atoms with Crippen molar-refractivity contribution in [3.8, 4) is 0 Å². The summed E-state index contributed by atoms with van der Waals surface area (Å²) in [5.74, 6) is -0.455. The van der Waals surface area contributed by atoms with Gasteiger partial charge in [-0.3, -0.25) is 15.4 Å². The fraction of sp³-hybridized carbons (Fsp3) is 0.438. The van der Waals surface area contributed by atoms with E-state index in [9.17, 15) is 14.4 Å². The van der Waals surface area contributed by atoms with Crippen molar-refractivity contribution in [1.29, 1.82) is 0 Å². The van der Waals surface area contributed by atoms with E-state index in [-0.39, 0.29) is 6.61 Å². The van der Waals surface area contributed by atoms with E-state index in [1.54, 1.807) is 45.9 Å². The number of amides is 4. The smallest absolute Gasteiger partial charge is 0.411 e. The van der Waals surface area contributed by atoms with Crippen LogP contribution in [0.25, 0.3) is 0 Å². The zero-order chi connectivity index (χ0) is 18.1. The van der Waals surface area contributed by atoms with Gasteiger partial charge in [0.25, 0.3) is 0 Å². The summed E-state index contributed by atoms with van der Waals surface area (Å²) < 4.78 is 4.85. The second kappa shape index (κ2) is 9.39. The molecular formula is C16H24N4O4. The molecule has 8 nitrogen and oxygen atoms in total. The van der Waals surface area contributed by atoms with Gasteiger partial charge >= 0.3 is 12.1 Å². The van der Waals surface area contributed by atoms with Gasteiger partial charge < -0.3 is 15.4 Å². The van der Waals surface area contributed by atoms with Gasteiger partial charge in [-0.2, -0.15) is 0 Å². The van der Waals surface area contributed by atoms with Crippen molar-refractivity contribution in [3.63, 3.8) is 0 Å². The topological polar surface area (TPSA) is 109 Å². The van der Waals surface area contributed by atoms with Crippen LogP contribution in [0.4, 0.5) is 21.0 Å². The molecule has 132 valence electrons. The van der Waals surface area contributed by atoms with E-state index in [0.29, 0.717) is 17.9 Å². The third kappa shape index (κ3) is 5.79. The lowest BCUT2D eigenvalue weighted by Gasteiger charge is -2.18. The van der Waals surface area contributed by atoms with Gasteiger partial charge in [0.05, 0.1) is 6.61 Å². The van der Waals surface area contributed by atoms with Crippen LogP contribution in [0.5, 0.6) is 0 Å². The zero-order valence-corrected chi connectivity index (χ0v) is 14.4. The Bertz CT molecular complexity index is 604. The van der Waals surface area contributed by atoms with Gasteiger partial charge in [0, 0.05) is 17.9 Å². The number of hydrogen-bond acceptors (Lipinski definition) is 5. The molecule has 0 aromatic heterocycles. The Balaban J connectivity index is 2.75. The maximum absolute atomic E-state index is 12.0. The Kier molecular flexibility index (Phi) is 7.54. The van der Waals surface area contributed by atoms with Crippen molar-refractivity contribution >= 4 is 29.4 Å². The molecule has 0 aliphatic rings. The minimum absolute atomic E-state index is 0.278. The van der Waals surface area contributed by atoms with Gasteiger partial charge in [-0.25, -0.2) is 9.59 Å². The highest BCUT2D eigenvalue weighted by atomic mass is 16.5. The summed E-state index contributed by atoms with van der Waals surface area (Å²) in [5.41, 5.74) is 2.00. The molecule has 1 atom stereocenters. The van der Waals surface area contributed by atoms with Gasteiger partial charge in [-0.1, -0.05) is 6.07 Å². The molecule has 0 aliphatic heterocycles. The number of nitrogens with one attached hydrogen (secondary N) is 4. The number of benzene rings is 1. The van der Waals surface area contributed by atoms with Gasteiger partial charge in [0.2, 0.25) is 5.91 Å². The number of carbonyl (C=O) groups is 3. The lowest BCUT2D eigenvalue weighted by molar-refractivity contribution is -0.120. The molecule has 24 heavy (non-hydrogen) atoms. The molecule has 4 N–H and O–H groups in total. The summed E-state index contributed by atoms with van der Waals surface area (Å²) in [6.07, 6.45) is -0.542. The van der Waals surface area contributed by atoms with Crippen LogP contribution in [0.3, 0.4) is 0 Å². The van der Waals surface area contributed by atoms with Gasteiger partial charge in [-0.05, 0) is 45.4 Å². The minimum Gasteiger partial charge on any atom is -0.450 e. The van der Waals surface area contributed by atoms with E-state index < -0.39 is 24.1 Å². The first-order valence-corrected chi connectivity index (χ1v) is 7.77. The first kappa shape index (κ1) is 19.3. The monoisotopic (exact) mass is 336 g/mol. The highest BCUT2D eigenvalue weighted by molar-refractivity contribution is 5.98. The fourth-order valence-electron chi connectivity index (χ4n) is 1.93. The van der Waals surface area contributed by atoms with E-state index in [0.717, 1.165) is 5.56 Å². The third-order valence-corrected chi connectivity index (χ3v) is 3.19. The standard InChI is InChI=1S/C16H24N4O4/c1-5-17-15(22)20-14(21)11(4)18-12-8-7-9-13(10(12)3)19-16(23)24-6-2/h7-9,11,18H,5-6H2,1-4H3,(H,19,23)(H2,17,20,21,22)/t11-/m1/s1. The van der Waals surface area contributed by atoms with Crippen LogP contribution in [-0.2, 0) is 9.53 Å². The summed E-state index contributed by atoms with van der Waals surface area (Å²) in [6.45, 7) is 7.63. The quantitative estimate of drug-likeness (QED) is 0.637. The Hall–Kier alpha value is -2.77. The number of rotatable bonds is 6. The number of anilines is 2. The number of carbonyl (C=O) groups excluding carboxylic acids is 3. The number of imide groups is 1. The van der Waals surface area contributed by atoms with Crippen molar-refractivity contribution in [1.82, 2.24) is 10.6 Å². The molecule has 0 saturated carbocycles. The Morgan fingerprint density at radius 2 is 1.83 bits per heavy atom. The highest BCUT2D eigenvalue weighted by Gasteiger charge is 2.17. The van der Waals surface area contributed by atoms with Crippen LogP contribution < -0.4 is 21.3 Å². The Morgan fingerprint density at radius 3 is 2.46 bits per heavy atom. The molecule has 1 rings (SSSR count). The summed E-state index contributed by atoms with van der Waals surface area (Å²) in [4.78, 5) is 34.9. The van der Waals surface area contributed by atoms with Crippen molar-refractivity contribution in [2.45, 2.75) is 33.7 Å². The van der Waals surface area contributed by atoms with E-state index >= 15 is 0 Å². The number of urea groups is 1. The molecule has 0 heterocycles. The maximum Gasteiger partial charge on any atom is 0.411 e. The molecule has 0 radical (unpaired) electrons. The molecule has 0 aliphatic carbocycles. The minimum atomic E-state index is -0.635.